The van der Waals surface area contributed by atoms with Crippen LogP contribution in [0.4, 0.5) is 5.69 Å². The molecule has 0 unspecified atom stereocenters. The zero-order valence-corrected chi connectivity index (χ0v) is 12.7. The van der Waals surface area contributed by atoms with Crippen molar-refractivity contribution in [2.45, 2.75) is 4.90 Å². The number of carbonyl (C=O) groups excluding carboxylic acids is 1. The second kappa shape index (κ2) is 6.63. The molecule has 0 heterocycles. The van der Waals surface area contributed by atoms with Gasteiger partial charge >= 0.3 is 0 Å². The van der Waals surface area contributed by atoms with Crippen LogP contribution in [0.5, 0.6) is 0 Å². The Labute approximate surface area is 124 Å². The molecule has 2 aromatic rings. The Bertz CT molecular complexity index is 575. The van der Waals surface area contributed by atoms with Gasteiger partial charge in [0, 0.05) is 9.37 Å². The number of amides is 1. The largest absolute Gasteiger partial charge is 0.298 e. The normalized spacial score (nSPS) is 10.0. The highest BCUT2D eigenvalue weighted by Crippen LogP contribution is 2.23. The van der Waals surface area contributed by atoms with Crippen LogP contribution in [0.3, 0.4) is 0 Å². The molecule has 0 aliphatic rings. The van der Waals surface area contributed by atoms with Crippen molar-refractivity contribution >= 4 is 39.3 Å². The van der Waals surface area contributed by atoms with Crippen molar-refractivity contribution in [1.29, 1.82) is 0 Å². The predicted octanol–water partition coefficient (Wildman–Crippen LogP) is 3.93. The van der Waals surface area contributed by atoms with Crippen LogP contribution in [-0.2, 0) is 0 Å². The fourth-order valence-corrected chi connectivity index (χ4v) is 2.67. The maximum atomic E-state index is 12.0. The van der Waals surface area contributed by atoms with Crippen molar-refractivity contribution in [3.63, 3.8) is 0 Å². The van der Waals surface area contributed by atoms with E-state index in [0.717, 1.165) is 15.1 Å². The highest BCUT2D eigenvalue weighted by atomic mass is 79.9. The lowest BCUT2D eigenvalue weighted by atomic mass is 10.2. The summed E-state index contributed by atoms with van der Waals surface area (Å²) in [6.07, 6.45) is 2.00. The van der Waals surface area contributed by atoms with Crippen molar-refractivity contribution in [1.82, 2.24) is 5.43 Å². The van der Waals surface area contributed by atoms with Gasteiger partial charge in [0.05, 0.1) is 11.3 Å². The minimum absolute atomic E-state index is 0.177. The number of halogens is 1. The summed E-state index contributed by atoms with van der Waals surface area (Å²) in [5.41, 5.74) is 6.98. The van der Waals surface area contributed by atoms with E-state index in [1.54, 1.807) is 17.8 Å². The van der Waals surface area contributed by atoms with Gasteiger partial charge in [-0.15, -0.1) is 11.8 Å². The van der Waals surface area contributed by atoms with E-state index < -0.39 is 0 Å². The van der Waals surface area contributed by atoms with Gasteiger partial charge in [-0.05, 0) is 52.5 Å². The van der Waals surface area contributed by atoms with Gasteiger partial charge in [-0.25, -0.2) is 0 Å². The molecule has 0 aliphatic heterocycles. The van der Waals surface area contributed by atoms with Gasteiger partial charge in [-0.3, -0.25) is 15.6 Å². The molecule has 0 aliphatic carbocycles. The molecule has 0 aromatic heterocycles. The van der Waals surface area contributed by atoms with E-state index in [4.69, 9.17) is 0 Å². The van der Waals surface area contributed by atoms with E-state index in [1.165, 1.54) is 0 Å². The van der Waals surface area contributed by atoms with Gasteiger partial charge < -0.3 is 0 Å². The maximum Gasteiger partial charge on any atom is 0.270 e. The number of hydrazine groups is 1. The van der Waals surface area contributed by atoms with E-state index in [-0.39, 0.29) is 5.91 Å². The Hall–Kier alpha value is -1.46. The van der Waals surface area contributed by atoms with E-state index in [9.17, 15) is 4.79 Å². The fourth-order valence-electron chi connectivity index (χ4n) is 1.52. The Morgan fingerprint density at radius 2 is 1.89 bits per heavy atom. The average Bonchev–Trinajstić information content (AvgIpc) is 2.45. The van der Waals surface area contributed by atoms with E-state index >= 15 is 0 Å². The van der Waals surface area contributed by atoms with Crippen LogP contribution in [0, 0.1) is 0 Å². The molecule has 2 N–H and O–H groups in total. The molecule has 0 spiro atoms. The van der Waals surface area contributed by atoms with Crippen LogP contribution in [-0.4, -0.2) is 12.2 Å². The molecule has 0 radical (unpaired) electrons. The first kappa shape index (κ1) is 14.0. The minimum atomic E-state index is -0.177. The molecular weight excluding hydrogens is 324 g/mol. The summed E-state index contributed by atoms with van der Waals surface area (Å²) in [5.74, 6) is -0.177. The zero-order chi connectivity index (χ0) is 13.7. The third kappa shape index (κ3) is 3.75. The third-order valence-electron chi connectivity index (χ3n) is 2.52. The molecule has 98 valence electrons. The lowest BCUT2D eigenvalue weighted by Crippen LogP contribution is -2.29. The molecule has 1 amide bonds. The van der Waals surface area contributed by atoms with Gasteiger partial charge in [0.2, 0.25) is 0 Å². The van der Waals surface area contributed by atoms with Crippen LogP contribution in [0.15, 0.2) is 57.9 Å². The van der Waals surface area contributed by atoms with Crippen LogP contribution < -0.4 is 10.9 Å². The summed E-state index contributed by atoms with van der Waals surface area (Å²) in [4.78, 5) is 13.1. The van der Waals surface area contributed by atoms with Crippen LogP contribution >= 0.6 is 27.7 Å². The van der Waals surface area contributed by atoms with E-state index in [0.29, 0.717) is 5.56 Å². The molecule has 0 fully saturated rings. The van der Waals surface area contributed by atoms with Crippen molar-refractivity contribution in [2.75, 3.05) is 11.7 Å². The number of anilines is 1. The zero-order valence-electron chi connectivity index (χ0n) is 10.3. The lowest BCUT2D eigenvalue weighted by Gasteiger charge is -2.10. The molecule has 3 nitrogen and oxygen atoms in total. The summed E-state index contributed by atoms with van der Waals surface area (Å²) in [5, 5.41) is 0. The number of nitrogens with one attached hydrogen (secondary N) is 2. The topological polar surface area (TPSA) is 41.1 Å². The summed E-state index contributed by atoms with van der Waals surface area (Å²) in [7, 11) is 0. The third-order valence-corrected chi connectivity index (χ3v) is 3.90. The van der Waals surface area contributed by atoms with E-state index in [1.807, 2.05) is 48.7 Å². The van der Waals surface area contributed by atoms with Gasteiger partial charge in [0.25, 0.3) is 5.91 Å². The quantitative estimate of drug-likeness (QED) is 0.656. The van der Waals surface area contributed by atoms with E-state index in [2.05, 4.69) is 26.8 Å². The number of carbonyl (C=O) groups is 1. The average molecular weight is 337 g/mol. The molecule has 0 bridgehead atoms. The van der Waals surface area contributed by atoms with Crippen LogP contribution in [0.1, 0.15) is 10.4 Å². The minimum Gasteiger partial charge on any atom is -0.298 e. The summed E-state index contributed by atoms with van der Waals surface area (Å²) >= 11 is 5.05. The summed E-state index contributed by atoms with van der Waals surface area (Å²) in [6, 6.07) is 15.1. The standard InChI is InChI=1S/C14H13BrN2OS/c1-19-11-7-8-12(13(15)9-11)14(18)17-16-10-5-3-2-4-6-10/h2-9,16H,1H3,(H,17,18). The number of thioether (sulfide) groups is 1. The first-order valence-corrected chi connectivity index (χ1v) is 7.67. The Kier molecular flexibility index (Phi) is 4.87. The van der Waals surface area contributed by atoms with Crippen molar-refractivity contribution in [3.05, 3.63) is 58.6 Å². The summed E-state index contributed by atoms with van der Waals surface area (Å²) < 4.78 is 0.784. The molecule has 2 rings (SSSR count). The Morgan fingerprint density at radius 1 is 1.16 bits per heavy atom. The molecule has 2 aromatic carbocycles. The highest BCUT2D eigenvalue weighted by Gasteiger charge is 2.09. The van der Waals surface area contributed by atoms with Gasteiger partial charge in [0.1, 0.15) is 0 Å². The summed E-state index contributed by atoms with van der Waals surface area (Å²) in [6.45, 7) is 0. The monoisotopic (exact) mass is 336 g/mol. The number of hydrogen-bond donors (Lipinski definition) is 2. The smallest absolute Gasteiger partial charge is 0.270 e. The Balaban J connectivity index is 2.04. The van der Waals surface area contributed by atoms with Gasteiger partial charge in [-0.1, -0.05) is 18.2 Å². The van der Waals surface area contributed by atoms with Crippen molar-refractivity contribution in [2.24, 2.45) is 0 Å². The fraction of sp³-hybridized carbons (Fsp3) is 0.0714. The number of benzene rings is 2. The molecular formula is C14H13BrN2OS. The van der Waals surface area contributed by atoms with Crippen LogP contribution in [0.25, 0.3) is 0 Å². The number of hydrogen-bond acceptors (Lipinski definition) is 3. The number of rotatable bonds is 4. The van der Waals surface area contributed by atoms with Gasteiger partial charge in [0.15, 0.2) is 0 Å². The SMILES string of the molecule is CSc1ccc(C(=O)NNc2ccccc2)c(Br)c1. The first-order valence-electron chi connectivity index (χ1n) is 5.65. The molecule has 19 heavy (non-hydrogen) atoms. The maximum absolute atomic E-state index is 12.0. The Morgan fingerprint density at radius 3 is 2.53 bits per heavy atom. The highest BCUT2D eigenvalue weighted by molar-refractivity contribution is 9.10. The second-order valence-corrected chi connectivity index (χ2v) is 5.52. The molecule has 0 saturated carbocycles. The van der Waals surface area contributed by atoms with Gasteiger partial charge in [-0.2, -0.15) is 0 Å². The molecule has 5 heteroatoms. The molecule has 0 saturated heterocycles. The second-order valence-electron chi connectivity index (χ2n) is 3.79. The van der Waals surface area contributed by atoms with Crippen molar-refractivity contribution in [3.8, 4) is 0 Å². The lowest BCUT2D eigenvalue weighted by molar-refractivity contribution is 0.0962. The van der Waals surface area contributed by atoms with Crippen LogP contribution in [0.2, 0.25) is 0 Å². The first-order chi connectivity index (χ1) is 9.20. The molecule has 0 atom stereocenters. The predicted molar refractivity (Wildman–Crippen MR) is 83.5 cm³/mol. The van der Waals surface area contributed by atoms with Crippen molar-refractivity contribution < 1.29 is 4.79 Å². The number of para-hydroxylation sites is 1.